The van der Waals surface area contributed by atoms with Crippen LogP contribution >= 0.6 is 0 Å². The van der Waals surface area contributed by atoms with Gasteiger partial charge in [0.1, 0.15) is 0 Å². The summed E-state index contributed by atoms with van der Waals surface area (Å²) in [6.07, 6.45) is -0.0391. The first kappa shape index (κ1) is 15.3. The van der Waals surface area contributed by atoms with Crippen LogP contribution in [0.5, 0.6) is 0 Å². The number of carbonyl (C=O) groups excluding carboxylic acids is 1. The Morgan fingerprint density at radius 1 is 0.952 bits per heavy atom. The van der Waals surface area contributed by atoms with E-state index in [4.69, 9.17) is 0 Å². The molecule has 0 heterocycles. The Hall–Kier alpha value is -2.14. The number of amides is 1. The molecule has 2 aromatic rings. The Morgan fingerprint density at radius 2 is 1.48 bits per heavy atom. The molecule has 0 N–H and O–H groups in total. The molecule has 0 bridgehead atoms. The Labute approximate surface area is 124 Å². The molecule has 4 nitrogen and oxygen atoms in total. The van der Waals surface area contributed by atoms with Gasteiger partial charge >= 0.3 is 0 Å². The maximum absolute atomic E-state index is 12.1. The molecule has 0 saturated carbocycles. The number of nitrogens with zero attached hydrogens (tertiary/aromatic N) is 1. The minimum absolute atomic E-state index is 0.0391. The number of benzene rings is 2. The first-order valence-corrected chi connectivity index (χ1v) is 8.25. The molecule has 2 aromatic carbocycles. The molecule has 110 valence electrons. The highest BCUT2D eigenvalue weighted by Crippen LogP contribution is 2.15. The second kappa shape index (κ2) is 6.54. The third-order valence-corrected chi connectivity index (χ3v) is 4.94. The zero-order valence-electron chi connectivity index (χ0n) is 11.8. The van der Waals surface area contributed by atoms with Crippen LogP contribution in [-0.2, 0) is 14.6 Å². The number of hydrogen-bond acceptors (Lipinski definition) is 3. The van der Waals surface area contributed by atoms with Crippen molar-refractivity contribution in [1.29, 1.82) is 0 Å². The quantitative estimate of drug-likeness (QED) is 0.853. The van der Waals surface area contributed by atoms with E-state index in [1.807, 2.05) is 30.3 Å². The van der Waals surface area contributed by atoms with Gasteiger partial charge in [-0.25, -0.2) is 8.42 Å². The van der Waals surface area contributed by atoms with Crippen molar-refractivity contribution in [2.45, 2.75) is 11.3 Å². The van der Waals surface area contributed by atoms with Crippen LogP contribution in [0.4, 0.5) is 5.69 Å². The molecule has 21 heavy (non-hydrogen) atoms. The molecule has 0 fully saturated rings. The normalized spacial score (nSPS) is 11.1. The lowest BCUT2D eigenvalue weighted by molar-refractivity contribution is -0.117. The smallest absolute Gasteiger partial charge is 0.227 e. The first-order valence-electron chi connectivity index (χ1n) is 6.60. The molecule has 0 atom stereocenters. The Kier molecular flexibility index (Phi) is 4.75. The van der Waals surface area contributed by atoms with E-state index in [2.05, 4.69) is 0 Å². The van der Waals surface area contributed by atoms with E-state index in [0.717, 1.165) is 5.69 Å². The summed E-state index contributed by atoms with van der Waals surface area (Å²) in [5.74, 6) is -0.409. The number of anilines is 1. The molecule has 0 aliphatic heterocycles. The van der Waals surface area contributed by atoms with Gasteiger partial charge in [-0.3, -0.25) is 4.79 Å². The van der Waals surface area contributed by atoms with E-state index in [9.17, 15) is 13.2 Å². The van der Waals surface area contributed by atoms with Crippen molar-refractivity contribution in [3.05, 3.63) is 60.7 Å². The van der Waals surface area contributed by atoms with Gasteiger partial charge in [0.2, 0.25) is 5.91 Å². The predicted octanol–water partition coefficient (Wildman–Crippen LogP) is 2.51. The lowest BCUT2D eigenvalue weighted by Gasteiger charge is -2.17. The minimum atomic E-state index is -3.42. The molecule has 0 radical (unpaired) electrons. The van der Waals surface area contributed by atoms with Gasteiger partial charge in [-0.05, 0) is 24.3 Å². The predicted molar refractivity (Wildman–Crippen MR) is 83.0 cm³/mol. The van der Waals surface area contributed by atoms with E-state index < -0.39 is 9.84 Å². The topological polar surface area (TPSA) is 54.5 Å². The van der Waals surface area contributed by atoms with Crippen LogP contribution in [0.25, 0.3) is 0 Å². The first-order chi connectivity index (χ1) is 10.0. The molecule has 0 aliphatic carbocycles. The molecule has 0 aromatic heterocycles. The van der Waals surface area contributed by atoms with E-state index in [1.165, 1.54) is 4.90 Å². The number of para-hydroxylation sites is 1. The van der Waals surface area contributed by atoms with Gasteiger partial charge < -0.3 is 4.90 Å². The van der Waals surface area contributed by atoms with Crippen LogP contribution in [0.1, 0.15) is 6.42 Å². The van der Waals surface area contributed by atoms with Gasteiger partial charge in [-0.1, -0.05) is 36.4 Å². The molecule has 2 rings (SSSR count). The molecule has 0 saturated heterocycles. The third kappa shape index (κ3) is 3.92. The van der Waals surface area contributed by atoms with Crippen molar-refractivity contribution >= 4 is 21.4 Å². The molecular weight excluding hydrogens is 286 g/mol. The van der Waals surface area contributed by atoms with E-state index >= 15 is 0 Å². The summed E-state index contributed by atoms with van der Waals surface area (Å²) < 4.78 is 24.2. The molecule has 1 amide bonds. The average Bonchev–Trinajstić information content (AvgIpc) is 2.53. The van der Waals surface area contributed by atoms with Gasteiger partial charge in [-0.2, -0.15) is 0 Å². The highest BCUT2D eigenvalue weighted by molar-refractivity contribution is 7.91. The van der Waals surface area contributed by atoms with Gasteiger partial charge in [0.15, 0.2) is 9.84 Å². The summed E-state index contributed by atoms with van der Waals surface area (Å²) in [4.78, 5) is 13.8. The number of sulfone groups is 1. The van der Waals surface area contributed by atoms with Gasteiger partial charge in [0, 0.05) is 19.2 Å². The van der Waals surface area contributed by atoms with Crippen molar-refractivity contribution in [2.75, 3.05) is 17.7 Å². The Bertz CT molecular complexity index is 697. The summed E-state index contributed by atoms with van der Waals surface area (Å²) in [5.41, 5.74) is 0.750. The van der Waals surface area contributed by atoms with E-state index in [0.29, 0.717) is 0 Å². The van der Waals surface area contributed by atoms with Crippen molar-refractivity contribution in [3.8, 4) is 0 Å². The maximum atomic E-state index is 12.1. The Morgan fingerprint density at radius 3 is 2.05 bits per heavy atom. The summed E-state index contributed by atoms with van der Waals surface area (Å²) in [7, 11) is -1.77. The van der Waals surface area contributed by atoms with Crippen molar-refractivity contribution in [1.82, 2.24) is 0 Å². The molecular formula is C16H17NO3S. The van der Waals surface area contributed by atoms with Crippen LogP contribution in [0, 0.1) is 0 Å². The standard InChI is InChI=1S/C16H17NO3S/c1-17(14-8-4-2-5-9-14)16(18)12-13-21(19,20)15-10-6-3-7-11-15/h2-11H,12-13H2,1H3. The summed E-state index contributed by atoms with van der Waals surface area (Å²) in [6, 6.07) is 17.3. The minimum Gasteiger partial charge on any atom is -0.315 e. The van der Waals surface area contributed by atoms with Crippen molar-refractivity contribution in [2.24, 2.45) is 0 Å². The van der Waals surface area contributed by atoms with Crippen LogP contribution in [0.2, 0.25) is 0 Å². The fraction of sp³-hybridized carbons (Fsp3) is 0.188. The average molecular weight is 303 g/mol. The SMILES string of the molecule is CN(C(=O)CCS(=O)(=O)c1ccccc1)c1ccccc1. The number of carbonyl (C=O) groups is 1. The second-order valence-corrected chi connectivity index (χ2v) is 6.78. The summed E-state index contributed by atoms with van der Waals surface area (Å²) in [6.45, 7) is 0. The fourth-order valence-electron chi connectivity index (χ4n) is 1.93. The van der Waals surface area contributed by atoms with Crippen molar-refractivity contribution in [3.63, 3.8) is 0 Å². The van der Waals surface area contributed by atoms with Crippen LogP contribution < -0.4 is 4.90 Å². The molecule has 0 spiro atoms. The zero-order valence-corrected chi connectivity index (χ0v) is 12.6. The molecule has 0 unspecified atom stereocenters. The van der Waals surface area contributed by atoms with Gasteiger partial charge in [0.25, 0.3) is 0 Å². The third-order valence-electron chi connectivity index (χ3n) is 3.20. The van der Waals surface area contributed by atoms with Gasteiger partial charge in [-0.15, -0.1) is 0 Å². The van der Waals surface area contributed by atoms with Crippen LogP contribution in [-0.4, -0.2) is 27.1 Å². The second-order valence-electron chi connectivity index (χ2n) is 4.67. The maximum Gasteiger partial charge on any atom is 0.227 e. The lowest BCUT2D eigenvalue weighted by atomic mass is 10.3. The van der Waals surface area contributed by atoms with Crippen molar-refractivity contribution < 1.29 is 13.2 Å². The Balaban J connectivity index is 2.01. The highest BCUT2D eigenvalue weighted by atomic mass is 32.2. The summed E-state index contributed by atoms with van der Waals surface area (Å²) >= 11 is 0. The van der Waals surface area contributed by atoms with Crippen LogP contribution in [0.15, 0.2) is 65.6 Å². The van der Waals surface area contributed by atoms with E-state index in [1.54, 1.807) is 37.4 Å². The lowest BCUT2D eigenvalue weighted by Crippen LogP contribution is -2.28. The monoisotopic (exact) mass is 303 g/mol. The largest absolute Gasteiger partial charge is 0.315 e. The number of hydrogen-bond donors (Lipinski definition) is 0. The summed E-state index contributed by atoms with van der Waals surface area (Å²) in [5, 5.41) is 0. The van der Waals surface area contributed by atoms with Crippen LogP contribution in [0.3, 0.4) is 0 Å². The molecule has 5 heteroatoms. The van der Waals surface area contributed by atoms with E-state index in [-0.39, 0.29) is 23.0 Å². The highest BCUT2D eigenvalue weighted by Gasteiger charge is 2.18. The number of rotatable bonds is 5. The zero-order chi connectivity index (χ0) is 15.3. The molecule has 0 aliphatic rings. The fourth-order valence-corrected chi connectivity index (χ4v) is 3.18. The van der Waals surface area contributed by atoms with Gasteiger partial charge in [0.05, 0.1) is 10.6 Å².